The summed E-state index contributed by atoms with van der Waals surface area (Å²) in [5.74, 6) is 0. The number of H-pyrrole nitrogens is 1. The lowest BCUT2D eigenvalue weighted by Gasteiger charge is -2.18. The van der Waals surface area contributed by atoms with Crippen LogP contribution >= 0.6 is 23.5 Å². The molecule has 1 aliphatic rings. The third-order valence-electron chi connectivity index (χ3n) is 3.09. The zero-order valence-corrected chi connectivity index (χ0v) is 16.1. The SMILES string of the molecule is O=c1ccn([C@@H]2O[C@H](COP(=O)(O)OP(=O)(O)OP(=O)(O)O)C[C@H]2F)c(=O)[nH]1. The standard InChI is InChI=1S/C9H14FN2O13P3/c10-6-3-5(23-8(6)12-2-1-7(13)11-9(12)14)4-22-27(18,19)25-28(20,21)24-26(15,16)17/h1-2,5-6,8H,3-4H2,(H,18,19)(H,20,21)(H,11,13,14)(H2,15,16,17)/t5-,6+,8+/m0/s1. The number of aromatic nitrogens is 2. The van der Waals surface area contributed by atoms with Gasteiger partial charge in [-0.1, -0.05) is 0 Å². The lowest BCUT2D eigenvalue weighted by atomic mass is 10.2. The first-order valence-electron chi connectivity index (χ1n) is 7.07. The average molecular weight is 470 g/mol. The normalized spacial score (nSPS) is 27.2. The Kier molecular flexibility index (Phi) is 6.96. The van der Waals surface area contributed by atoms with E-state index in [0.29, 0.717) is 0 Å². The number of halogens is 1. The summed E-state index contributed by atoms with van der Waals surface area (Å²) in [6, 6.07) is 0.941. The van der Waals surface area contributed by atoms with E-state index in [0.717, 1.165) is 16.8 Å². The number of phosphoric ester groups is 1. The van der Waals surface area contributed by atoms with Gasteiger partial charge in [0.05, 0.1) is 12.7 Å². The summed E-state index contributed by atoms with van der Waals surface area (Å²) in [6.45, 7) is -0.862. The lowest BCUT2D eigenvalue weighted by molar-refractivity contribution is -0.0388. The van der Waals surface area contributed by atoms with Gasteiger partial charge < -0.3 is 24.3 Å². The molecule has 28 heavy (non-hydrogen) atoms. The Morgan fingerprint density at radius 1 is 1.18 bits per heavy atom. The summed E-state index contributed by atoms with van der Waals surface area (Å²) in [5.41, 5.74) is -1.69. The molecule has 1 aromatic rings. The lowest BCUT2D eigenvalue weighted by Crippen LogP contribution is -2.34. The van der Waals surface area contributed by atoms with Crippen molar-refractivity contribution in [3.05, 3.63) is 33.1 Å². The zero-order chi connectivity index (χ0) is 21.3. The van der Waals surface area contributed by atoms with E-state index in [1.165, 1.54) is 0 Å². The Hall–Kier alpha value is -1.02. The third kappa shape index (κ3) is 6.79. The van der Waals surface area contributed by atoms with E-state index in [9.17, 15) is 32.6 Å². The predicted octanol–water partition coefficient (Wildman–Crippen LogP) is -0.495. The molecule has 2 heterocycles. The Balaban J connectivity index is 1.98. The van der Waals surface area contributed by atoms with Crippen LogP contribution in [0.25, 0.3) is 0 Å². The van der Waals surface area contributed by atoms with E-state index in [4.69, 9.17) is 19.4 Å². The fourth-order valence-electron chi connectivity index (χ4n) is 2.16. The molecule has 5 N–H and O–H groups in total. The highest BCUT2D eigenvalue weighted by Crippen LogP contribution is 2.66. The van der Waals surface area contributed by atoms with Crippen molar-refractivity contribution in [1.82, 2.24) is 9.55 Å². The minimum Gasteiger partial charge on any atom is -0.349 e. The molecule has 0 aliphatic carbocycles. The molecule has 1 aromatic heterocycles. The molecule has 2 unspecified atom stereocenters. The second kappa shape index (κ2) is 8.38. The molecule has 0 aromatic carbocycles. The van der Waals surface area contributed by atoms with Gasteiger partial charge in [-0.25, -0.2) is 22.9 Å². The van der Waals surface area contributed by atoms with Gasteiger partial charge >= 0.3 is 29.2 Å². The van der Waals surface area contributed by atoms with E-state index >= 15 is 0 Å². The summed E-state index contributed by atoms with van der Waals surface area (Å²) in [6.07, 6.45) is -3.93. The molecule has 1 fully saturated rings. The minimum absolute atomic E-state index is 0.425. The molecule has 2 rings (SSSR count). The molecule has 15 nitrogen and oxygen atoms in total. The number of hydrogen-bond donors (Lipinski definition) is 5. The van der Waals surface area contributed by atoms with Crippen LogP contribution in [-0.4, -0.2) is 48.0 Å². The predicted molar refractivity (Wildman–Crippen MR) is 84.6 cm³/mol. The number of nitrogens with zero attached hydrogens (tertiary/aromatic N) is 1. The Morgan fingerprint density at radius 2 is 1.82 bits per heavy atom. The highest BCUT2D eigenvalue weighted by molar-refractivity contribution is 7.66. The molecule has 5 atom stereocenters. The van der Waals surface area contributed by atoms with E-state index in [-0.39, 0.29) is 0 Å². The first-order valence-corrected chi connectivity index (χ1v) is 11.6. The Bertz CT molecular complexity index is 970. The van der Waals surface area contributed by atoms with Crippen molar-refractivity contribution < 1.29 is 55.5 Å². The molecular formula is C9H14FN2O13P3. The number of aromatic amines is 1. The quantitative estimate of drug-likeness (QED) is 0.303. The van der Waals surface area contributed by atoms with Gasteiger partial charge in [0.2, 0.25) is 0 Å². The second-order valence-corrected chi connectivity index (χ2v) is 9.72. The van der Waals surface area contributed by atoms with Crippen molar-refractivity contribution in [3.63, 3.8) is 0 Å². The molecule has 0 saturated carbocycles. The molecule has 0 bridgehead atoms. The summed E-state index contributed by atoms with van der Waals surface area (Å²) >= 11 is 0. The summed E-state index contributed by atoms with van der Waals surface area (Å²) in [4.78, 5) is 59.7. The number of hydrogen-bond acceptors (Lipinski definition) is 9. The third-order valence-corrected chi connectivity index (χ3v) is 6.90. The van der Waals surface area contributed by atoms with Crippen LogP contribution in [0.1, 0.15) is 12.6 Å². The van der Waals surface area contributed by atoms with Gasteiger partial charge in [-0.2, -0.15) is 8.62 Å². The largest absolute Gasteiger partial charge is 0.490 e. The summed E-state index contributed by atoms with van der Waals surface area (Å²) < 4.78 is 64.7. The maximum atomic E-state index is 14.1. The number of phosphoric acid groups is 3. The molecule has 1 saturated heterocycles. The minimum atomic E-state index is -5.68. The zero-order valence-electron chi connectivity index (χ0n) is 13.4. The van der Waals surface area contributed by atoms with E-state index in [2.05, 4.69) is 13.1 Å². The van der Waals surface area contributed by atoms with Crippen LogP contribution in [0.3, 0.4) is 0 Å². The van der Waals surface area contributed by atoms with Crippen LogP contribution < -0.4 is 11.2 Å². The van der Waals surface area contributed by atoms with Crippen LogP contribution in [0.2, 0.25) is 0 Å². The van der Waals surface area contributed by atoms with Crippen molar-refractivity contribution in [3.8, 4) is 0 Å². The first-order chi connectivity index (χ1) is 12.7. The maximum absolute atomic E-state index is 14.1. The summed E-state index contributed by atoms with van der Waals surface area (Å²) in [7, 11) is -16.6. The maximum Gasteiger partial charge on any atom is 0.490 e. The Labute approximate surface area is 154 Å². The molecule has 0 amide bonds. The van der Waals surface area contributed by atoms with Crippen molar-refractivity contribution in [1.29, 1.82) is 0 Å². The molecule has 1 aliphatic heterocycles. The molecule has 19 heteroatoms. The number of alkyl halides is 1. The van der Waals surface area contributed by atoms with E-state index in [1.54, 1.807) is 0 Å². The van der Waals surface area contributed by atoms with Gasteiger partial charge in [0.15, 0.2) is 6.23 Å². The van der Waals surface area contributed by atoms with Crippen molar-refractivity contribution >= 4 is 23.5 Å². The molecule has 160 valence electrons. The van der Waals surface area contributed by atoms with Gasteiger partial charge in [-0.15, -0.1) is 0 Å². The highest BCUT2D eigenvalue weighted by Gasteiger charge is 2.43. The molecular weight excluding hydrogens is 456 g/mol. The average Bonchev–Trinajstić information content (AvgIpc) is 2.82. The van der Waals surface area contributed by atoms with Gasteiger partial charge in [-0.3, -0.25) is 18.9 Å². The van der Waals surface area contributed by atoms with Crippen molar-refractivity contribution in [2.24, 2.45) is 0 Å². The first kappa shape index (κ1) is 23.3. The highest BCUT2D eigenvalue weighted by atomic mass is 31.3. The number of nitrogens with one attached hydrogen (secondary N) is 1. The van der Waals surface area contributed by atoms with Crippen LogP contribution in [0.5, 0.6) is 0 Å². The number of rotatable bonds is 8. The topological polar surface area (TPSA) is 224 Å². The number of ether oxygens (including phenoxy) is 1. The van der Waals surface area contributed by atoms with Crippen molar-refractivity contribution in [2.45, 2.75) is 24.9 Å². The molecule has 0 radical (unpaired) electrons. The van der Waals surface area contributed by atoms with Gasteiger partial charge in [0, 0.05) is 18.7 Å². The van der Waals surface area contributed by atoms with Crippen LogP contribution in [0.15, 0.2) is 21.9 Å². The fourth-order valence-corrected chi connectivity index (χ4v) is 5.21. The molecule has 0 spiro atoms. The van der Waals surface area contributed by atoms with Crippen molar-refractivity contribution in [2.75, 3.05) is 6.61 Å². The summed E-state index contributed by atoms with van der Waals surface area (Å²) in [5, 5.41) is 0. The second-order valence-electron chi connectivity index (χ2n) is 5.30. The van der Waals surface area contributed by atoms with E-state index < -0.39 is 66.2 Å². The fraction of sp³-hybridized carbons (Fsp3) is 0.556. The van der Waals surface area contributed by atoms with E-state index in [1.807, 2.05) is 4.98 Å². The smallest absolute Gasteiger partial charge is 0.349 e. The van der Waals surface area contributed by atoms with Gasteiger partial charge in [-0.05, 0) is 0 Å². The monoisotopic (exact) mass is 470 g/mol. The van der Waals surface area contributed by atoms with Crippen LogP contribution in [0, 0.1) is 0 Å². The van der Waals surface area contributed by atoms with Gasteiger partial charge in [0.25, 0.3) is 5.56 Å². The van der Waals surface area contributed by atoms with Crippen LogP contribution in [-0.2, 0) is 31.6 Å². The Morgan fingerprint density at radius 3 is 2.39 bits per heavy atom. The van der Waals surface area contributed by atoms with Crippen LogP contribution in [0.4, 0.5) is 4.39 Å². The van der Waals surface area contributed by atoms with Gasteiger partial charge in [0.1, 0.15) is 6.17 Å².